The average Bonchev–Trinajstić information content (AvgIpc) is 2.79. The predicted octanol–water partition coefficient (Wildman–Crippen LogP) is 4.22. The summed E-state index contributed by atoms with van der Waals surface area (Å²) in [4.78, 5) is 46.2. The molecule has 0 fully saturated rings. The van der Waals surface area contributed by atoms with Crippen molar-refractivity contribution in [3.8, 4) is 0 Å². The molecule has 0 saturated heterocycles. The summed E-state index contributed by atoms with van der Waals surface area (Å²) in [6.07, 6.45) is 13.1. The Morgan fingerprint density at radius 3 is 1.19 bits per heavy atom. The van der Waals surface area contributed by atoms with E-state index in [1.807, 2.05) is 60.7 Å². The van der Waals surface area contributed by atoms with E-state index in [4.69, 9.17) is 0 Å². The lowest BCUT2D eigenvalue weighted by Crippen LogP contribution is -2.10. The van der Waals surface area contributed by atoms with E-state index in [1.165, 1.54) is 12.2 Å². The molecule has 0 atom stereocenters. The Kier molecular flexibility index (Phi) is 10.1. The number of rotatable bonds is 8. The van der Waals surface area contributed by atoms with Crippen molar-refractivity contribution in [1.82, 2.24) is 0 Å². The maximum absolute atomic E-state index is 11.6. The van der Waals surface area contributed by atoms with Crippen molar-refractivity contribution in [2.24, 2.45) is 0 Å². The van der Waals surface area contributed by atoms with Crippen LogP contribution in [0.15, 0.2) is 109 Å². The third kappa shape index (κ3) is 10.3. The molecule has 0 amide bonds. The molecule has 0 aliphatic carbocycles. The standard InChI is InChI=1S/C26H20O6/c27-23(17-9-7-15-21-11-3-1-4-12-21)31-25(29)19-20-26(30)32-24(28)18-10-8-16-22-13-5-2-6-14-22/h1-20H. The van der Waals surface area contributed by atoms with Gasteiger partial charge >= 0.3 is 23.9 Å². The third-order valence-electron chi connectivity index (χ3n) is 3.62. The molecule has 0 unspecified atom stereocenters. The Hall–Kier alpha value is -4.58. The van der Waals surface area contributed by atoms with Crippen LogP contribution in [0.5, 0.6) is 0 Å². The fourth-order valence-electron chi connectivity index (χ4n) is 2.20. The molecule has 2 aromatic carbocycles. The number of benzene rings is 2. The van der Waals surface area contributed by atoms with Gasteiger partial charge in [-0.25, -0.2) is 19.2 Å². The lowest BCUT2D eigenvalue weighted by atomic mass is 10.2. The molecule has 0 saturated carbocycles. The van der Waals surface area contributed by atoms with Gasteiger partial charge in [-0.15, -0.1) is 0 Å². The minimum absolute atomic E-state index is 0.695. The summed E-state index contributed by atoms with van der Waals surface area (Å²) in [6, 6.07) is 18.8. The second kappa shape index (κ2) is 13.6. The number of esters is 4. The van der Waals surface area contributed by atoms with Crippen LogP contribution in [0.1, 0.15) is 11.1 Å². The van der Waals surface area contributed by atoms with Crippen molar-refractivity contribution in [2.45, 2.75) is 0 Å². The topological polar surface area (TPSA) is 86.7 Å². The van der Waals surface area contributed by atoms with Gasteiger partial charge in [-0.3, -0.25) is 0 Å². The fourth-order valence-corrected chi connectivity index (χ4v) is 2.20. The van der Waals surface area contributed by atoms with Crippen LogP contribution >= 0.6 is 0 Å². The van der Waals surface area contributed by atoms with Crippen LogP contribution in [0.4, 0.5) is 0 Å². The summed E-state index contributed by atoms with van der Waals surface area (Å²) < 4.78 is 8.96. The Labute approximate surface area is 185 Å². The van der Waals surface area contributed by atoms with Crippen molar-refractivity contribution < 1.29 is 28.7 Å². The van der Waals surface area contributed by atoms with Gasteiger partial charge in [0.15, 0.2) is 0 Å². The monoisotopic (exact) mass is 428 g/mol. The molecular formula is C26H20O6. The second-order valence-electron chi connectivity index (χ2n) is 6.07. The van der Waals surface area contributed by atoms with E-state index >= 15 is 0 Å². The molecule has 0 radical (unpaired) electrons. The van der Waals surface area contributed by atoms with E-state index < -0.39 is 23.9 Å². The summed E-state index contributed by atoms with van der Waals surface area (Å²) in [7, 11) is 0. The van der Waals surface area contributed by atoms with Crippen molar-refractivity contribution in [3.63, 3.8) is 0 Å². The molecule has 0 N–H and O–H groups in total. The molecule has 0 bridgehead atoms. The van der Waals surface area contributed by atoms with Crippen molar-refractivity contribution in [2.75, 3.05) is 0 Å². The van der Waals surface area contributed by atoms with Gasteiger partial charge in [-0.2, -0.15) is 0 Å². The highest BCUT2D eigenvalue weighted by molar-refractivity contribution is 6.02. The molecule has 160 valence electrons. The highest BCUT2D eigenvalue weighted by Crippen LogP contribution is 2.02. The molecule has 6 heteroatoms. The Bertz CT molecular complexity index is 986. The summed E-state index contributed by atoms with van der Waals surface area (Å²) in [5.74, 6) is -3.96. The number of ether oxygens (including phenoxy) is 2. The first kappa shape index (κ1) is 23.7. The Balaban J connectivity index is 1.71. The summed E-state index contributed by atoms with van der Waals surface area (Å²) >= 11 is 0. The molecule has 2 rings (SSSR count). The normalized spacial score (nSPS) is 11.6. The summed E-state index contributed by atoms with van der Waals surface area (Å²) in [5, 5.41) is 0. The van der Waals surface area contributed by atoms with Gasteiger partial charge in [0.25, 0.3) is 0 Å². The maximum Gasteiger partial charge on any atom is 0.338 e. The van der Waals surface area contributed by atoms with Crippen molar-refractivity contribution >= 4 is 36.0 Å². The molecule has 0 aromatic heterocycles. The quantitative estimate of drug-likeness (QED) is 0.271. The second-order valence-corrected chi connectivity index (χ2v) is 6.07. The maximum atomic E-state index is 11.6. The zero-order valence-corrected chi connectivity index (χ0v) is 17.0. The molecule has 2 aromatic rings. The zero-order valence-electron chi connectivity index (χ0n) is 17.0. The van der Waals surface area contributed by atoms with Crippen LogP contribution in [-0.2, 0) is 28.7 Å². The number of carbonyl (C=O) groups excluding carboxylic acids is 4. The van der Waals surface area contributed by atoms with E-state index in [-0.39, 0.29) is 0 Å². The van der Waals surface area contributed by atoms with Gasteiger partial charge in [0.1, 0.15) is 0 Å². The highest BCUT2D eigenvalue weighted by Gasteiger charge is 2.07. The van der Waals surface area contributed by atoms with E-state index in [2.05, 4.69) is 9.47 Å². The summed E-state index contributed by atoms with van der Waals surface area (Å²) in [5.41, 5.74) is 1.89. The van der Waals surface area contributed by atoms with Gasteiger partial charge in [-0.1, -0.05) is 97.1 Å². The van der Waals surface area contributed by atoms with Crippen LogP contribution in [0.3, 0.4) is 0 Å². The zero-order chi connectivity index (χ0) is 23.0. The lowest BCUT2D eigenvalue weighted by molar-refractivity contribution is -0.155. The van der Waals surface area contributed by atoms with E-state index in [0.717, 1.165) is 23.3 Å². The predicted molar refractivity (Wildman–Crippen MR) is 121 cm³/mol. The number of hydrogen-bond donors (Lipinski definition) is 0. The third-order valence-corrected chi connectivity index (χ3v) is 3.62. The van der Waals surface area contributed by atoms with E-state index in [9.17, 15) is 19.2 Å². The van der Waals surface area contributed by atoms with Crippen LogP contribution in [0.2, 0.25) is 0 Å². The van der Waals surface area contributed by atoms with Crippen LogP contribution < -0.4 is 0 Å². The smallest absolute Gasteiger partial charge is 0.338 e. The summed E-state index contributed by atoms with van der Waals surface area (Å²) in [6.45, 7) is 0. The molecule has 0 aliphatic rings. The molecule has 32 heavy (non-hydrogen) atoms. The molecule has 6 nitrogen and oxygen atoms in total. The molecule has 0 spiro atoms. The fraction of sp³-hybridized carbons (Fsp3) is 0. The number of carbonyl (C=O) groups is 4. The first-order chi connectivity index (χ1) is 15.5. The average molecular weight is 428 g/mol. The molecule has 0 aliphatic heterocycles. The first-order valence-corrected chi connectivity index (χ1v) is 9.52. The highest BCUT2D eigenvalue weighted by atomic mass is 16.6. The van der Waals surface area contributed by atoms with Gasteiger partial charge < -0.3 is 9.47 Å². The Morgan fingerprint density at radius 1 is 0.469 bits per heavy atom. The number of allylic oxidation sites excluding steroid dienone is 4. The van der Waals surface area contributed by atoms with Crippen LogP contribution in [0.25, 0.3) is 12.2 Å². The van der Waals surface area contributed by atoms with Crippen molar-refractivity contribution in [1.29, 1.82) is 0 Å². The SMILES string of the molecule is O=C(C=CC=Cc1ccccc1)OC(=O)C=CC(=O)OC(=O)C=CC=Cc1ccccc1. The molecular weight excluding hydrogens is 408 g/mol. The van der Waals surface area contributed by atoms with Crippen LogP contribution in [-0.4, -0.2) is 23.9 Å². The lowest BCUT2D eigenvalue weighted by Gasteiger charge is -1.95. The van der Waals surface area contributed by atoms with E-state index in [1.54, 1.807) is 24.3 Å². The van der Waals surface area contributed by atoms with E-state index in [0.29, 0.717) is 12.2 Å². The van der Waals surface area contributed by atoms with Crippen LogP contribution in [0, 0.1) is 0 Å². The number of hydrogen-bond acceptors (Lipinski definition) is 6. The largest absolute Gasteiger partial charge is 0.387 e. The van der Waals surface area contributed by atoms with Gasteiger partial charge in [-0.05, 0) is 11.1 Å². The van der Waals surface area contributed by atoms with Gasteiger partial charge in [0.05, 0.1) is 0 Å². The van der Waals surface area contributed by atoms with Crippen molar-refractivity contribution in [3.05, 3.63) is 120 Å². The molecule has 0 heterocycles. The Morgan fingerprint density at radius 2 is 0.812 bits per heavy atom. The first-order valence-electron chi connectivity index (χ1n) is 9.52. The van der Waals surface area contributed by atoms with Gasteiger partial charge in [0, 0.05) is 24.3 Å². The van der Waals surface area contributed by atoms with Gasteiger partial charge in [0.2, 0.25) is 0 Å². The minimum atomic E-state index is -1.07. The minimum Gasteiger partial charge on any atom is -0.387 e.